The van der Waals surface area contributed by atoms with E-state index in [-0.39, 0.29) is 0 Å². The second-order valence-corrected chi connectivity index (χ2v) is 5.30. The van der Waals surface area contributed by atoms with Crippen LogP contribution in [0.1, 0.15) is 5.56 Å². The molecular formula is C13H10BrCl2N. The van der Waals surface area contributed by atoms with Gasteiger partial charge in [-0.1, -0.05) is 57.3 Å². The van der Waals surface area contributed by atoms with Crippen molar-refractivity contribution < 1.29 is 0 Å². The minimum absolute atomic E-state index is 0.649. The number of hydrogen-bond donors (Lipinski definition) is 1. The Labute approximate surface area is 119 Å². The average molecular weight is 331 g/mol. The van der Waals surface area contributed by atoms with E-state index in [0.717, 1.165) is 20.7 Å². The Balaban J connectivity index is 2.12. The van der Waals surface area contributed by atoms with Gasteiger partial charge in [-0.25, -0.2) is 0 Å². The maximum atomic E-state index is 6.09. The van der Waals surface area contributed by atoms with Gasteiger partial charge in [0.05, 0.1) is 10.7 Å². The molecule has 0 saturated heterocycles. The summed E-state index contributed by atoms with van der Waals surface area (Å²) < 4.78 is 0.989. The van der Waals surface area contributed by atoms with Gasteiger partial charge in [-0.2, -0.15) is 0 Å². The fourth-order valence-electron chi connectivity index (χ4n) is 1.47. The molecule has 0 saturated carbocycles. The van der Waals surface area contributed by atoms with Gasteiger partial charge in [-0.3, -0.25) is 0 Å². The van der Waals surface area contributed by atoms with Crippen LogP contribution in [0, 0.1) is 0 Å². The minimum atomic E-state index is 0.649. The molecule has 0 fully saturated rings. The predicted molar refractivity (Wildman–Crippen MR) is 77.9 cm³/mol. The van der Waals surface area contributed by atoms with Crippen LogP contribution in [0.3, 0.4) is 0 Å². The first kappa shape index (κ1) is 12.7. The summed E-state index contributed by atoms with van der Waals surface area (Å²) in [6.45, 7) is 0.649. The Kier molecular flexibility index (Phi) is 4.32. The second-order valence-electron chi connectivity index (χ2n) is 3.57. The molecule has 2 aromatic carbocycles. The van der Waals surface area contributed by atoms with Crippen molar-refractivity contribution in [2.75, 3.05) is 5.32 Å². The Hall–Kier alpha value is -0.700. The fourth-order valence-corrected chi connectivity index (χ4v) is 2.21. The van der Waals surface area contributed by atoms with Crippen molar-refractivity contribution in [3.63, 3.8) is 0 Å². The zero-order valence-electron chi connectivity index (χ0n) is 8.88. The van der Waals surface area contributed by atoms with E-state index in [1.54, 1.807) is 0 Å². The van der Waals surface area contributed by atoms with Gasteiger partial charge in [0.1, 0.15) is 0 Å². The number of anilines is 1. The Morgan fingerprint density at radius 2 is 1.76 bits per heavy atom. The van der Waals surface area contributed by atoms with Crippen LogP contribution in [0.15, 0.2) is 46.9 Å². The van der Waals surface area contributed by atoms with Gasteiger partial charge >= 0.3 is 0 Å². The predicted octanol–water partition coefficient (Wildman–Crippen LogP) is 5.37. The summed E-state index contributed by atoms with van der Waals surface area (Å²) in [6, 6.07) is 13.4. The summed E-state index contributed by atoms with van der Waals surface area (Å²) in [5, 5.41) is 4.71. The number of benzene rings is 2. The summed E-state index contributed by atoms with van der Waals surface area (Å²) >= 11 is 15.6. The molecule has 0 heterocycles. The van der Waals surface area contributed by atoms with Crippen molar-refractivity contribution in [2.24, 2.45) is 0 Å². The monoisotopic (exact) mass is 329 g/mol. The van der Waals surface area contributed by atoms with E-state index in [9.17, 15) is 0 Å². The Morgan fingerprint density at radius 1 is 1.00 bits per heavy atom. The van der Waals surface area contributed by atoms with E-state index in [1.807, 2.05) is 42.5 Å². The molecule has 0 spiro atoms. The lowest BCUT2D eigenvalue weighted by Crippen LogP contribution is -2.00. The van der Waals surface area contributed by atoms with Crippen molar-refractivity contribution >= 4 is 44.8 Å². The average Bonchev–Trinajstić information content (AvgIpc) is 2.32. The highest BCUT2D eigenvalue weighted by Crippen LogP contribution is 2.26. The van der Waals surface area contributed by atoms with E-state index in [1.165, 1.54) is 0 Å². The molecular weight excluding hydrogens is 321 g/mol. The summed E-state index contributed by atoms with van der Waals surface area (Å²) in [7, 11) is 0. The van der Waals surface area contributed by atoms with Gasteiger partial charge < -0.3 is 5.32 Å². The Bertz CT molecular complexity index is 529. The molecule has 0 aliphatic rings. The van der Waals surface area contributed by atoms with Crippen LogP contribution in [0.4, 0.5) is 5.69 Å². The van der Waals surface area contributed by atoms with Gasteiger partial charge in [0.2, 0.25) is 0 Å². The summed E-state index contributed by atoms with van der Waals surface area (Å²) in [5.41, 5.74) is 1.94. The molecule has 0 radical (unpaired) electrons. The minimum Gasteiger partial charge on any atom is -0.380 e. The van der Waals surface area contributed by atoms with Crippen molar-refractivity contribution in [3.05, 3.63) is 62.5 Å². The van der Waals surface area contributed by atoms with E-state index in [0.29, 0.717) is 11.6 Å². The molecule has 1 nitrogen and oxygen atoms in total. The van der Waals surface area contributed by atoms with Crippen molar-refractivity contribution in [1.82, 2.24) is 0 Å². The SMILES string of the molecule is Clc1ccccc1CNc1cc(Br)ccc1Cl. The highest BCUT2D eigenvalue weighted by Gasteiger charge is 2.02. The van der Waals surface area contributed by atoms with Crippen LogP contribution in [-0.2, 0) is 6.54 Å². The van der Waals surface area contributed by atoms with Crippen LogP contribution in [0.25, 0.3) is 0 Å². The molecule has 88 valence electrons. The van der Waals surface area contributed by atoms with Crippen LogP contribution >= 0.6 is 39.1 Å². The molecule has 0 aromatic heterocycles. The lowest BCUT2D eigenvalue weighted by Gasteiger charge is -2.10. The van der Waals surface area contributed by atoms with E-state index < -0.39 is 0 Å². The van der Waals surface area contributed by atoms with Crippen molar-refractivity contribution in [2.45, 2.75) is 6.54 Å². The smallest absolute Gasteiger partial charge is 0.0638 e. The molecule has 0 aliphatic heterocycles. The highest BCUT2D eigenvalue weighted by molar-refractivity contribution is 9.10. The van der Waals surface area contributed by atoms with E-state index >= 15 is 0 Å². The molecule has 1 N–H and O–H groups in total. The molecule has 17 heavy (non-hydrogen) atoms. The maximum absolute atomic E-state index is 6.09. The number of rotatable bonds is 3. The first-order valence-electron chi connectivity index (χ1n) is 5.09. The zero-order valence-corrected chi connectivity index (χ0v) is 12.0. The third-order valence-corrected chi connectivity index (χ3v) is 3.55. The largest absolute Gasteiger partial charge is 0.380 e. The third-order valence-electron chi connectivity index (χ3n) is 2.36. The number of halogens is 3. The van der Waals surface area contributed by atoms with Gasteiger partial charge in [0.15, 0.2) is 0 Å². The van der Waals surface area contributed by atoms with Crippen LogP contribution in [-0.4, -0.2) is 0 Å². The van der Waals surface area contributed by atoms with Crippen molar-refractivity contribution in [1.29, 1.82) is 0 Å². The maximum Gasteiger partial charge on any atom is 0.0638 e. The lowest BCUT2D eigenvalue weighted by atomic mass is 10.2. The molecule has 4 heteroatoms. The van der Waals surface area contributed by atoms with Crippen molar-refractivity contribution in [3.8, 4) is 0 Å². The lowest BCUT2D eigenvalue weighted by molar-refractivity contribution is 1.15. The van der Waals surface area contributed by atoms with Gasteiger partial charge in [0.25, 0.3) is 0 Å². The first-order chi connectivity index (χ1) is 8.16. The second kappa shape index (κ2) is 5.76. The Morgan fingerprint density at radius 3 is 2.53 bits per heavy atom. The number of nitrogens with one attached hydrogen (secondary N) is 1. The molecule has 0 aliphatic carbocycles. The first-order valence-corrected chi connectivity index (χ1v) is 6.64. The quantitative estimate of drug-likeness (QED) is 0.797. The molecule has 2 aromatic rings. The normalized spacial score (nSPS) is 10.3. The van der Waals surface area contributed by atoms with Gasteiger partial charge in [-0.15, -0.1) is 0 Å². The molecule has 0 atom stereocenters. The van der Waals surface area contributed by atoms with Crippen LogP contribution in [0.2, 0.25) is 10.0 Å². The third kappa shape index (κ3) is 3.38. The van der Waals surface area contributed by atoms with Crippen LogP contribution in [0.5, 0.6) is 0 Å². The zero-order chi connectivity index (χ0) is 12.3. The summed E-state index contributed by atoms with van der Waals surface area (Å²) in [5.74, 6) is 0. The molecule has 0 amide bonds. The fraction of sp³-hybridized carbons (Fsp3) is 0.0769. The van der Waals surface area contributed by atoms with Gasteiger partial charge in [0, 0.05) is 16.0 Å². The number of hydrogen-bond acceptors (Lipinski definition) is 1. The van der Waals surface area contributed by atoms with E-state index in [4.69, 9.17) is 23.2 Å². The molecule has 2 rings (SSSR count). The summed E-state index contributed by atoms with van der Waals surface area (Å²) in [6.07, 6.45) is 0. The topological polar surface area (TPSA) is 12.0 Å². The van der Waals surface area contributed by atoms with Crippen LogP contribution < -0.4 is 5.32 Å². The molecule has 0 unspecified atom stereocenters. The standard InChI is InChI=1S/C13H10BrCl2N/c14-10-5-6-12(16)13(7-10)17-8-9-3-1-2-4-11(9)15/h1-7,17H,8H2. The summed E-state index contributed by atoms with van der Waals surface area (Å²) in [4.78, 5) is 0. The van der Waals surface area contributed by atoms with Gasteiger partial charge in [-0.05, 0) is 29.8 Å². The highest BCUT2D eigenvalue weighted by atomic mass is 79.9. The molecule has 0 bridgehead atoms. The van der Waals surface area contributed by atoms with E-state index in [2.05, 4.69) is 21.2 Å².